The summed E-state index contributed by atoms with van der Waals surface area (Å²) in [6.45, 7) is 2.57. The van der Waals surface area contributed by atoms with Crippen LogP contribution in [0.2, 0.25) is 0 Å². The Morgan fingerprint density at radius 2 is 2.21 bits per heavy atom. The van der Waals surface area contributed by atoms with E-state index in [1.807, 2.05) is 31.2 Å². The lowest BCUT2D eigenvalue weighted by atomic mass is 9.98. The molecule has 4 heterocycles. The lowest BCUT2D eigenvalue weighted by Crippen LogP contribution is -2.32. The van der Waals surface area contributed by atoms with Crippen LogP contribution in [0.4, 0.5) is 0 Å². The van der Waals surface area contributed by atoms with Crippen molar-refractivity contribution in [1.29, 1.82) is 0 Å². The van der Waals surface area contributed by atoms with Crippen LogP contribution in [0.1, 0.15) is 17.0 Å². The number of nitrogens with one attached hydrogen (secondary N) is 3. The summed E-state index contributed by atoms with van der Waals surface area (Å²) in [7, 11) is 0. The number of carbonyl (C=O) groups excluding carboxylic acids is 1. The zero-order valence-electron chi connectivity index (χ0n) is 15.4. The summed E-state index contributed by atoms with van der Waals surface area (Å²) in [5.74, 6) is -0.722. The highest BCUT2D eigenvalue weighted by Crippen LogP contribution is 2.31. The zero-order valence-corrected chi connectivity index (χ0v) is 15.4. The highest BCUT2D eigenvalue weighted by atomic mass is 16.2. The maximum atomic E-state index is 12.1. The third-order valence-electron chi connectivity index (χ3n) is 4.73. The molecule has 1 atom stereocenters. The average molecular weight is 375 g/mol. The maximum absolute atomic E-state index is 12.1. The van der Waals surface area contributed by atoms with Gasteiger partial charge in [0.1, 0.15) is 5.92 Å². The molecule has 2 aromatic heterocycles. The van der Waals surface area contributed by atoms with Gasteiger partial charge >= 0.3 is 0 Å². The molecular formula is C20H21N7O. The number of nitrogens with zero attached hydrogens (tertiary/aromatic N) is 3. The van der Waals surface area contributed by atoms with Crippen molar-refractivity contribution >= 4 is 23.9 Å². The second-order valence-electron chi connectivity index (χ2n) is 6.54. The number of pyridine rings is 1. The van der Waals surface area contributed by atoms with E-state index in [0.717, 1.165) is 40.3 Å². The number of aromatic amines is 1. The van der Waals surface area contributed by atoms with Crippen LogP contribution in [0.15, 0.2) is 52.6 Å². The fraction of sp³-hybridized carbons (Fsp3) is 0.200. The van der Waals surface area contributed by atoms with Crippen LogP contribution >= 0.6 is 0 Å². The van der Waals surface area contributed by atoms with E-state index in [9.17, 15) is 4.79 Å². The Morgan fingerprint density at radius 1 is 1.32 bits per heavy atom. The molecule has 5 N–H and O–H groups in total. The van der Waals surface area contributed by atoms with E-state index in [0.29, 0.717) is 12.3 Å². The second-order valence-corrected chi connectivity index (χ2v) is 6.54. The van der Waals surface area contributed by atoms with E-state index in [-0.39, 0.29) is 5.91 Å². The van der Waals surface area contributed by atoms with Gasteiger partial charge in [0, 0.05) is 36.1 Å². The molecule has 0 aromatic carbocycles. The van der Waals surface area contributed by atoms with Gasteiger partial charge in [-0.2, -0.15) is 5.10 Å². The van der Waals surface area contributed by atoms with Crippen molar-refractivity contribution in [3.8, 4) is 11.3 Å². The molecule has 142 valence electrons. The van der Waals surface area contributed by atoms with Gasteiger partial charge in [-0.3, -0.25) is 14.8 Å². The summed E-state index contributed by atoms with van der Waals surface area (Å²) in [6, 6.07) is 5.83. The average Bonchev–Trinajstić information content (AvgIpc) is 3.26. The molecule has 0 spiro atoms. The first-order valence-corrected chi connectivity index (χ1v) is 9.06. The first-order chi connectivity index (χ1) is 13.7. The lowest BCUT2D eigenvalue weighted by molar-refractivity contribution is -0.120. The number of allylic oxidation sites excluding steroid dienone is 1. The molecule has 1 unspecified atom stereocenters. The smallest absolute Gasteiger partial charge is 0.254 e. The number of aromatic nitrogens is 2. The molecule has 8 nitrogen and oxygen atoms in total. The summed E-state index contributed by atoms with van der Waals surface area (Å²) in [6.07, 6.45) is 9.40. The molecule has 0 saturated heterocycles. The summed E-state index contributed by atoms with van der Waals surface area (Å²) in [5.41, 5.74) is 14.6. The number of aryl methyl sites for hydroxylation is 1. The van der Waals surface area contributed by atoms with Crippen LogP contribution in [0.25, 0.3) is 17.3 Å². The largest absolute Gasteiger partial charge is 0.359 e. The van der Waals surface area contributed by atoms with Gasteiger partial charge < -0.3 is 16.0 Å². The minimum atomic E-state index is -0.526. The SMILES string of the molecule is Cc1[nH]c(C=C2NC=CN=C2C2C=NNC2=O)c(-c2ccccn2)c1CCN. The number of hydrogen-bond acceptors (Lipinski definition) is 6. The van der Waals surface area contributed by atoms with Gasteiger partial charge in [0.15, 0.2) is 0 Å². The van der Waals surface area contributed by atoms with Crippen LogP contribution in [0.5, 0.6) is 0 Å². The third-order valence-corrected chi connectivity index (χ3v) is 4.73. The molecule has 28 heavy (non-hydrogen) atoms. The lowest BCUT2D eigenvalue weighted by Gasteiger charge is -2.16. The molecule has 2 aliphatic rings. The molecule has 0 bridgehead atoms. The van der Waals surface area contributed by atoms with Gasteiger partial charge in [-0.05, 0) is 43.7 Å². The first-order valence-electron chi connectivity index (χ1n) is 9.06. The summed E-state index contributed by atoms with van der Waals surface area (Å²) in [5, 5.41) is 7.05. The van der Waals surface area contributed by atoms with E-state index in [4.69, 9.17) is 5.73 Å². The Balaban J connectivity index is 1.82. The van der Waals surface area contributed by atoms with Crippen molar-refractivity contribution in [1.82, 2.24) is 20.7 Å². The molecule has 8 heteroatoms. The normalized spacial score (nSPS) is 19.6. The molecule has 0 radical (unpaired) electrons. The summed E-state index contributed by atoms with van der Waals surface area (Å²) >= 11 is 0. The van der Waals surface area contributed by atoms with E-state index in [2.05, 4.69) is 30.8 Å². The Kier molecular flexibility index (Phi) is 4.86. The van der Waals surface area contributed by atoms with Crippen LogP contribution in [-0.2, 0) is 11.2 Å². The number of carbonyl (C=O) groups is 1. The van der Waals surface area contributed by atoms with Crippen molar-refractivity contribution in [3.63, 3.8) is 0 Å². The zero-order chi connectivity index (χ0) is 19.5. The van der Waals surface area contributed by atoms with Crippen LogP contribution in [0.3, 0.4) is 0 Å². The standard InChI is InChI=1S/C20H21N7O/c1-12-13(5-6-21)18(15-4-2-3-7-22-15)16(26-12)10-17-19(24-9-8-23-17)14-11-25-27-20(14)28/h2-4,7-11,14,23,26H,5-6,21H2,1H3,(H,27,28). The van der Waals surface area contributed by atoms with Gasteiger partial charge in [0.25, 0.3) is 5.91 Å². The second kappa shape index (κ2) is 7.61. The van der Waals surface area contributed by atoms with Crippen molar-refractivity contribution in [2.45, 2.75) is 13.3 Å². The quantitative estimate of drug-likeness (QED) is 0.632. The van der Waals surface area contributed by atoms with Gasteiger partial charge in [-0.15, -0.1) is 0 Å². The molecule has 2 aliphatic heterocycles. The Hall–Kier alpha value is -3.52. The number of hydrazone groups is 1. The fourth-order valence-electron chi connectivity index (χ4n) is 3.46. The summed E-state index contributed by atoms with van der Waals surface area (Å²) < 4.78 is 0. The first kappa shape index (κ1) is 17.9. The van der Waals surface area contributed by atoms with Crippen LogP contribution in [0, 0.1) is 12.8 Å². The monoisotopic (exact) mass is 375 g/mol. The number of nitrogens with two attached hydrogens (primary N) is 1. The highest BCUT2D eigenvalue weighted by Gasteiger charge is 2.30. The van der Waals surface area contributed by atoms with Gasteiger partial charge in [-0.25, -0.2) is 5.43 Å². The fourth-order valence-corrected chi connectivity index (χ4v) is 3.46. The van der Waals surface area contributed by atoms with Crippen molar-refractivity contribution in [3.05, 3.63) is 59.4 Å². The van der Waals surface area contributed by atoms with E-state index < -0.39 is 5.92 Å². The molecular weight excluding hydrogens is 354 g/mol. The number of amides is 1. The van der Waals surface area contributed by atoms with Gasteiger partial charge in [0.2, 0.25) is 0 Å². The van der Waals surface area contributed by atoms with Crippen molar-refractivity contribution in [2.75, 3.05) is 6.54 Å². The Morgan fingerprint density at radius 3 is 2.93 bits per heavy atom. The van der Waals surface area contributed by atoms with Crippen LogP contribution in [-0.4, -0.2) is 34.3 Å². The van der Waals surface area contributed by atoms with Crippen molar-refractivity contribution in [2.24, 2.45) is 21.7 Å². The Bertz CT molecular complexity index is 1010. The molecule has 0 fully saturated rings. The maximum Gasteiger partial charge on any atom is 0.254 e. The molecule has 4 rings (SSSR count). The predicted molar refractivity (Wildman–Crippen MR) is 109 cm³/mol. The highest BCUT2D eigenvalue weighted by molar-refractivity contribution is 6.24. The van der Waals surface area contributed by atoms with E-state index >= 15 is 0 Å². The van der Waals surface area contributed by atoms with E-state index in [1.165, 1.54) is 0 Å². The van der Waals surface area contributed by atoms with E-state index in [1.54, 1.807) is 24.8 Å². The Labute approximate surface area is 162 Å². The number of H-pyrrole nitrogens is 1. The minimum absolute atomic E-state index is 0.196. The van der Waals surface area contributed by atoms with Crippen molar-refractivity contribution < 1.29 is 4.79 Å². The molecule has 1 amide bonds. The molecule has 2 aromatic rings. The van der Waals surface area contributed by atoms with Crippen LogP contribution < -0.4 is 16.5 Å². The van der Waals surface area contributed by atoms with Gasteiger partial charge in [-0.1, -0.05) is 6.07 Å². The third kappa shape index (κ3) is 3.25. The number of hydrogen-bond donors (Lipinski definition) is 4. The predicted octanol–water partition coefficient (Wildman–Crippen LogP) is 1.47. The minimum Gasteiger partial charge on any atom is -0.359 e. The summed E-state index contributed by atoms with van der Waals surface area (Å²) in [4.78, 5) is 24.5. The molecule has 0 aliphatic carbocycles. The number of rotatable bonds is 5. The van der Waals surface area contributed by atoms with Gasteiger partial charge in [0.05, 0.1) is 22.8 Å². The topological polar surface area (TPSA) is 121 Å². The molecule has 0 saturated carbocycles. The number of aliphatic imine (C=N–C) groups is 1.